The van der Waals surface area contributed by atoms with Gasteiger partial charge in [-0.25, -0.2) is 0 Å². The summed E-state index contributed by atoms with van der Waals surface area (Å²) < 4.78 is 0. The molecule has 1 saturated heterocycles. The molecule has 1 aliphatic rings. The van der Waals surface area contributed by atoms with Gasteiger partial charge >= 0.3 is 0 Å². The monoisotopic (exact) mass is 204 g/mol. The van der Waals surface area contributed by atoms with Crippen LogP contribution in [0.2, 0.25) is 0 Å². The van der Waals surface area contributed by atoms with Crippen molar-refractivity contribution in [2.45, 2.75) is 31.8 Å². The smallest absolute Gasteiger partial charge is 0.0239 e. The first-order valence-corrected chi connectivity index (χ1v) is 5.74. The van der Waals surface area contributed by atoms with E-state index in [2.05, 4.69) is 42.2 Å². The van der Waals surface area contributed by atoms with Crippen LogP contribution < -0.4 is 5.73 Å². The third-order valence-electron chi connectivity index (χ3n) is 3.58. The average Bonchev–Trinajstić information content (AvgIpc) is 2.26. The fourth-order valence-corrected chi connectivity index (χ4v) is 2.32. The molecule has 2 N–H and O–H groups in total. The molecule has 2 rings (SSSR count). The predicted molar refractivity (Wildman–Crippen MR) is 63.5 cm³/mol. The van der Waals surface area contributed by atoms with Crippen LogP contribution in [0.1, 0.15) is 25.3 Å². The number of hydrogen-bond acceptors (Lipinski definition) is 2. The van der Waals surface area contributed by atoms with Crippen LogP contribution in [0.15, 0.2) is 30.3 Å². The molecule has 0 bridgehead atoms. The van der Waals surface area contributed by atoms with E-state index in [0.717, 1.165) is 19.5 Å². The summed E-state index contributed by atoms with van der Waals surface area (Å²) >= 11 is 0. The van der Waals surface area contributed by atoms with Crippen LogP contribution in [0, 0.1) is 0 Å². The number of hydrogen-bond donors (Lipinski definition) is 1. The molecule has 1 aromatic carbocycles. The highest BCUT2D eigenvalue weighted by molar-refractivity contribution is 5.15. The second-order valence-corrected chi connectivity index (χ2v) is 4.69. The highest BCUT2D eigenvalue weighted by atomic mass is 15.2. The maximum Gasteiger partial charge on any atom is 0.0239 e. The van der Waals surface area contributed by atoms with Gasteiger partial charge in [0.25, 0.3) is 0 Å². The number of rotatable bonds is 4. The van der Waals surface area contributed by atoms with Crippen molar-refractivity contribution in [1.82, 2.24) is 4.90 Å². The first-order chi connectivity index (χ1) is 7.24. The van der Waals surface area contributed by atoms with Crippen molar-refractivity contribution >= 4 is 0 Å². The summed E-state index contributed by atoms with van der Waals surface area (Å²) in [6.07, 6.45) is 2.40. The molecule has 0 spiro atoms. The lowest BCUT2D eigenvalue weighted by molar-refractivity contribution is -0.0120. The van der Waals surface area contributed by atoms with Gasteiger partial charge in [0, 0.05) is 18.6 Å². The van der Waals surface area contributed by atoms with Crippen LogP contribution in [-0.2, 0) is 6.54 Å². The minimum absolute atomic E-state index is 0.352. The van der Waals surface area contributed by atoms with Crippen molar-refractivity contribution < 1.29 is 0 Å². The molecule has 0 radical (unpaired) electrons. The van der Waals surface area contributed by atoms with Gasteiger partial charge in [-0.05, 0) is 31.9 Å². The standard InChI is InChI=1S/C13H20N2/c1-13(7-9-14)8-10-15(13)11-12-5-3-2-4-6-12/h2-6H,7-11,14H2,1H3/t13-/m1/s1. The molecule has 0 unspecified atom stereocenters. The lowest BCUT2D eigenvalue weighted by atomic mass is 9.83. The SMILES string of the molecule is C[C@@]1(CCN)CCN1Cc1ccccc1. The van der Waals surface area contributed by atoms with Crippen molar-refractivity contribution in [3.05, 3.63) is 35.9 Å². The summed E-state index contributed by atoms with van der Waals surface area (Å²) in [7, 11) is 0. The minimum atomic E-state index is 0.352. The van der Waals surface area contributed by atoms with Crippen LogP contribution in [-0.4, -0.2) is 23.5 Å². The van der Waals surface area contributed by atoms with E-state index in [1.807, 2.05) is 0 Å². The van der Waals surface area contributed by atoms with Crippen molar-refractivity contribution in [1.29, 1.82) is 0 Å². The van der Waals surface area contributed by atoms with Gasteiger partial charge in [-0.2, -0.15) is 0 Å². The summed E-state index contributed by atoms with van der Waals surface area (Å²) in [5, 5.41) is 0. The van der Waals surface area contributed by atoms with E-state index in [0.29, 0.717) is 5.54 Å². The zero-order valence-electron chi connectivity index (χ0n) is 9.45. The lowest BCUT2D eigenvalue weighted by Crippen LogP contribution is -2.57. The Balaban J connectivity index is 1.96. The fraction of sp³-hybridized carbons (Fsp3) is 0.538. The van der Waals surface area contributed by atoms with Crippen molar-refractivity contribution in [3.63, 3.8) is 0 Å². The van der Waals surface area contributed by atoms with E-state index in [4.69, 9.17) is 5.73 Å². The molecule has 1 heterocycles. The average molecular weight is 204 g/mol. The second-order valence-electron chi connectivity index (χ2n) is 4.69. The van der Waals surface area contributed by atoms with E-state index in [1.165, 1.54) is 18.5 Å². The molecule has 1 atom stereocenters. The first kappa shape index (κ1) is 10.7. The molecule has 15 heavy (non-hydrogen) atoms. The van der Waals surface area contributed by atoms with Gasteiger partial charge in [0.15, 0.2) is 0 Å². The molecular weight excluding hydrogens is 184 g/mol. The Kier molecular flexibility index (Phi) is 3.08. The molecule has 0 saturated carbocycles. The van der Waals surface area contributed by atoms with E-state index >= 15 is 0 Å². The molecule has 2 nitrogen and oxygen atoms in total. The van der Waals surface area contributed by atoms with Crippen LogP contribution in [0.3, 0.4) is 0 Å². The normalized spacial score (nSPS) is 26.3. The van der Waals surface area contributed by atoms with Gasteiger partial charge in [-0.1, -0.05) is 30.3 Å². The van der Waals surface area contributed by atoms with Gasteiger partial charge in [-0.15, -0.1) is 0 Å². The maximum atomic E-state index is 5.65. The Morgan fingerprint density at radius 1 is 1.33 bits per heavy atom. The zero-order chi connectivity index (χ0) is 10.7. The van der Waals surface area contributed by atoms with E-state index < -0.39 is 0 Å². The molecule has 2 heteroatoms. The molecule has 0 aliphatic carbocycles. The molecule has 0 amide bonds. The van der Waals surface area contributed by atoms with E-state index in [1.54, 1.807) is 0 Å². The Labute approximate surface area is 92.1 Å². The highest BCUT2D eigenvalue weighted by Crippen LogP contribution is 2.34. The van der Waals surface area contributed by atoms with Gasteiger partial charge in [0.05, 0.1) is 0 Å². The lowest BCUT2D eigenvalue weighted by Gasteiger charge is -2.51. The molecular formula is C13H20N2. The quantitative estimate of drug-likeness (QED) is 0.813. The summed E-state index contributed by atoms with van der Waals surface area (Å²) in [4.78, 5) is 2.54. The van der Waals surface area contributed by atoms with Crippen LogP contribution in [0.25, 0.3) is 0 Å². The Morgan fingerprint density at radius 2 is 2.07 bits per heavy atom. The summed E-state index contributed by atoms with van der Waals surface area (Å²) in [6.45, 7) is 5.40. The highest BCUT2D eigenvalue weighted by Gasteiger charge is 2.38. The van der Waals surface area contributed by atoms with Gasteiger partial charge in [0.2, 0.25) is 0 Å². The van der Waals surface area contributed by atoms with Gasteiger partial charge in [-0.3, -0.25) is 4.90 Å². The van der Waals surface area contributed by atoms with Crippen LogP contribution in [0.5, 0.6) is 0 Å². The first-order valence-electron chi connectivity index (χ1n) is 5.74. The predicted octanol–water partition coefficient (Wildman–Crippen LogP) is 2.00. The molecule has 1 aliphatic heterocycles. The molecule has 82 valence electrons. The van der Waals surface area contributed by atoms with Crippen LogP contribution in [0.4, 0.5) is 0 Å². The van der Waals surface area contributed by atoms with Gasteiger partial charge < -0.3 is 5.73 Å². The largest absolute Gasteiger partial charge is 0.330 e. The molecule has 1 aromatic rings. The van der Waals surface area contributed by atoms with E-state index in [-0.39, 0.29) is 0 Å². The van der Waals surface area contributed by atoms with Crippen molar-refractivity contribution in [2.24, 2.45) is 5.73 Å². The number of benzene rings is 1. The Morgan fingerprint density at radius 3 is 2.60 bits per heavy atom. The Bertz CT molecular complexity index is 310. The summed E-state index contributed by atoms with van der Waals surface area (Å²) in [5.41, 5.74) is 7.41. The van der Waals surface area contributed by atoms with Crippen molar-refractivity contribution in [3.8, 4) is 0 Å². The third kappa shape index (κ3) is 2.21. The number of likely N-dealkylation sites (tertiary alicyclic amines) is 1. The van der Waals surface area contributed by atoms with Crippen LogP contribution >= 0.6 is 0 Å². The topological polar surface area (TPSA) is 29.3 Å². The summed E-state index contributed by atoms with van der Waals surface area (Å²) in [6, 6.07) is 10.7. The number of nitrogens with two attached hydrogens (primary N) is 1. The van der Waals surface area contributed by atoms with Gasteiger partial charge in [0.1, 0.15) is 0 Å². The Hall–Kier alpha value is -0.860. The fourth-order valence-electron chi connectivity index (χ4n) is 2.32. The second kappa shape index (κ2) is 4.33. The third-order valence-corrected chi connectivity index (χ3v) is 3.58. The number of nitrogens with zero attached hydrogens (tertiary/aromatic N) is 1. The minimum Gasteiger partial charge on any atom is -0.330 e. The molecule has 1 fully saturated rings. The summed E-state index contributed by atoms with van der Waals surface area (Å²) in [5.74, 6) is 0. The molecule has 0 aromatic heterocycles. The maximum absolute atomic E-state index is 5.65. The van der Waals surface area contributed by atoms with Crippen molar-refractivity contribution in [2.75, 3.05) is 13.1 Å². The zero-order valence-corrected chi connectivity index (χ0v) is 9.45. The van der Waals surface area contributed by atoms with E-state index in [9.17, 15) is 0 Å².